The quantitative estimate of drug-likeness (QED) is 0.647. The van der Waals surface area contributed by atoms with Gasteiger partial charge in [-0.25, -0.2) is 4.68 Å². The van der Waals surface area contributed by atoms with Gasteiger partial charge in [0.15, 0.2) is 6.29 Å². The number of aromatic nitrogens is 2. The van der Waals surface area contributed by atoms with Crippen LogP contribution >= 0.6 is 0 Å². The molecule has 0 fully saturated rings. The van der Waals surface area contributed by atoms with E-state index in [1.54, 1.807) is 21.5 Å². The molecule has 0 amide bonds. The predicted molar refractivity (Wildman–Crippen MR) is 117 cm³/mol. The van der Waals surface area contributed by atoms with Crippen molar-refractivity contribution in [2.45, 2.75) is 20.8 Å². The number of hydrogen-bond acceptors (Lipinski definition) is 5. The molecule has 154 valence electrons. The molecule has 0 aliphatic rings. The van der Waals surface area contributed by atoms with Gasteiger partial charge in [0, 0.05) is 31.9 Å². The summed E-state index contributed by atoms with van der Waals surface area (Å²) in [6.45, 7) is 7.70. The molecule has 29 heavy (non-hydrogen) atoms. The van der Waals surface area contributed by atoms with Gasteiger partial charge in [0.25, 0.3) is 5.56 Å². The van der Waals surface area contributed by atoms with E-state index in [0.29, 0.717) is 17.5 Å². The first kappa shape index (κ1) is 21.8. The Hall–Kier alpha value is -3.48. The summed E-state index contributed by atoms with van der Waals surface area (Å²) in [7, 11) is 1.82. The number of aromatic hydroxyl groups is 1. The number of phenols is 1. The highest BCUT2D eigenvalue weighted by atomic mass is 16.3. The molecule has 0 atom stereocenters. The maximum absolute atomic E-state index is 11.8. The third-order valence-corrected chi connectivity index (χ3v) is 4.87. The highest BCUT2D eigenvalue weighted by Crippen LogP contribution is 2.23. The summed E-state index contributed by atoms with van der Waals surface area (Å²) in [5, 5.41) is 9.47. The number of nitrogen functional groups attached to an aromatic ring is 1. The normalized spacial score (nSPS) is 10.2. The van der Waals surface area contributed by atoms with Crippen molar-refractivity contribution in [2.24, 2.45) is 7.05 Å². The number of nitrogens with two attached hydrogens (primary N) is 1. The molecule has 0 saturated carbocycles. The Morgan fingerprint density at radius 1 is 1.10 bits per heavy atom. The maximum atomic E-state index is 11.8. The highest BCUT2D eigenvalue weighted by Gasteiger charge is 2.12. The Labute approximate surface area is 170 Å². The number of aldehydes is 1. The van der Waals surface area contributed by atoms with Gasteiger partial charge >= 0.3 is 0 Å². The van der Waals surface area contributed by atoms with E-state index in [4.69, 9.17) is 5.73 Å². The summed E-state index contributed by atoms with van der Waals surface area (Å²) in [6.07, 6.45) is 0.654. The molecule has 7 heteroatoms. The van der Waals surface area contributed by atoms with Crippen LogP contribution in [-0.4, -0.2) is 33.8 Å². The van der Waals surface area contributed by atoms with Crippen LogP contribution in [0.1, 0.15) is 29.9 Å². The summed E-state index contributed by atoms with van der Waals surface area (Å²) in [4.78, 5) is 24.4. The van der Waals surface area contributed by atoms with Crippen molar-refractivity contribution >= 4 is 17.7 Å². The molecule has 0 saturated heterocycles. The fourth-order valence-electron chi connectivity index (χ4n) is 3.01. The van der Waals surface area contributed by atoms with Crippen molar-refractivity contribution in [2.75, 3.05) is 23.7 Å². The van der Waals surface area contributed by atoms with Crippen LogP contribution < -0.4 is 16.2 Å². The van der Waals surface area contributed by atoms with E-state index in [2.05, 4.69) is 4.90 Å². The molecule has 3 N–H and O–H groups in total. The average Bonchev–Trinajstić information content (AvgIpc) is 2.93. The second kappa shape index (κ2) is 9.64. The Bertz CT molecular complexity index is 1020. The van der Waals surface area contributed by atoms with Gasteiger partial charge in [-0.05, 0) is 45.0 Å². The molecule has 0 spiro atoms. The monoisotopic (exact) mass is 396 g/mol. The maximum Gasteiger partial charge on any atom is 0.294 e. The summed E-state index contributed by atoms with van der Waals surface area (Å²) in [5.41, 5.74) is 8.71. The Morgan fingerprint density at radius 2 is 1.72 bits per heavy atom. The van der Waals surface area contributed by atoms with Crippen LogP contribution in [0.3, 0.4) is 0 Å². The smallest absolute Gasteiger partial charge is 0.294 e. The van der Waals surface area contributed by atoms with Crippen LogP contribution in [0.4, 0.5) is 11.4 Å². The molecular weight excluding hydrogens is 368 g/mol. The topological polar surface area (TPSA) is 93.5 Å². The number of phenolic OH excluding ortho intramolecular Hbond substituents is 1. The number of rotatable bonds is 5. The van der Waals surface area contributed by atoms with Crippen LogP contribution in [0.5, 0.6) is 5.75 Å². The molecule has 1 heterocycles. The predicted octanol–water partition coefficient (Wildman–Crippen LogP) is 3.12. The molecule has 0 unspecified atom stereocenters. The Morgan fingerprint density at radius 3 is 2.17 bits per heavy atom. The van der Waals surface area contributed by atoms with Crippen molar-refractivity contribution in [1.29, 1.82) is 0 Å². The third-order valence-electron chi connectivity index (χ3n) is 4.87. The highest BCUT2D eigenvalue weighted by molar-refractivity contribution is 5.80. The van der Waals surface area contributed by atoms with Crippen LogP contribution in [0.15, 0.2) is 53.3 Å². The fourth-order valence-corrected chi connectivity index (χ4v) is 3.01. The lowest BCUT2D eigenvalue weighted by Gasteiger charge is -2.21. The van der Waals surface area contributed by atoms with Crippen LogP contribution in [-0.2, 0) is 7.05 Å². The zero-order valence-electron chi connectivity index (χ0n) is 17.3. The summed E-state index contributed by atoms with van der Waals surface area (Å²) < 4.78 is 3.32. The lowest BCUT2D eigenvalue weighted by Crippen LogP contribution is -2.21. The molecule has 3 aromatic rings. The number of carbonyl (C=O) groups is 1. The van der Waals surface area contributed by atoms with Gasteiger partial charge in [0.1, 0.15) is 11.4 Å². The van der Waals surface area contributed by atoms with Gasteiger partial charge in [-0.3, -0.25) is 14.3 Å². The standard InChI is InChI=1S/C11H13N3O.C11H15NO2/c1-8-10(12)11(15)14(13(8)2)9-6-4-3-5-7-9;1-3-12(4-2)10-6-5-9(8-13)11(14)7-10/h3-7H,12H2,1-2H3;5-8,14H,3-4H2,1-2H3. The average molecular weight is 396 g/mol. The summed E-state index contributed by atoms with van der Waals surface area (Å²) in [6, 6.07) is 14.5. The Balaban J connectivity index is 0.000000208. The number of benzene rings is 2. The summed E-state index contributed by atoms with van der Waals surface area (Å²) >= 11 is 0. The van der Waals surface area contributed by atoms with Gasteiger partial charge in [0.05, 0.1) is 16.9 Å². The zero-order valence-corrected chi connectivity index (χ0v) is 17.3. The van der Waals surface area contributed by atoms with E-state index in [1.165, 1.54) is 0 Å². The van der Waals surface area contributed by atoms with Crippen molar-refractivity contribution in [3.8, 4) is 11.4 Å². The molecule has 0 aliphatic carbocycles. The van der Waals surface area contributed by atoms with Gasteiger partial charge < -0.3 is 15.7 Å². The first-order valence-corrected chi connectivity index (χ1v) is 9.48. The number of para-hydroxylation sites is 1. The van der Waals surface area contributed by atoms with Crippen molar-refractivity contribution in [3.63, 3.8) is 0 Å². The first-order chi connectivity index (χ1) is 13.8. The van der Waals surface area contributed by atoms with Crippen molar-refractivity contribution in [3.05, 3.63) is 70.1 Å². The molecule has 7 nitrogen and oxygen atoms in total. The SMILES string of the molecule is CCN(CC)c1ccc(C=O)c(O)c1.Cc1c(N)c(=O)n(-c2ccccc2)n1C. The zero-order chi connectivity index (χ0) is 21.6. The third kappa shape index (κ3) is 4.68. The minimum absolute atomic E-state index is 0.0457. The van der Waals surface area contributed by atoms with Gasteiger partial charge in [-0.15, -0.1) is 0 Å². The van der Waals surface area contributed by atoms with Gasteiger partial charge in [0.2, 0.25) is 0 Å². The fraction of sp³-hybridized carbons (Fsp3) is 0.273. The van der Waals surface area contributed by atoms with E-state index >= 15 is 0 Å². The second-order valence-corrected chi connectivity index (χ2v) is 6.51. The lowest BCUT2D eigenvalue weighted by atomic mass is 10.2. The first-order valence-electron chi connectivity index (χ1n) is 9.48. The van der Waals surface area contributed by atoms with E-state index < -0.39 is 0 Å². The second-order valence-electron chi connectivity index (χ2n) is 6.51. The van der Waals surface area contributed by atoms with Crippen LogP contribution in [0.25, 0.3) is 5.69 Å². The number of anilines is 2. The van der Waals surface area contributed by atoms with E-state index in [0.717, 1.165) is 30.2 Å². The largest absolute Gasteiger partial charge is 0.507 e. The molecule has 2 aromatic carbocycles. The van der Waals surface area contributed by atoms with Gasteiger partial charge in [-0.2, -0.15) is 0 Å². The molecular formula is C22H28N4O3. The van der Waals surface area contributed by atoms with Crippen molar-refractivity contribution in [1.82, 2.24) is 9.36 Å². The molecule has 0 aliphatic heterocycles. The van der Waals surface area contributed by atoms with E-state index in [-0.39, 0.29) is 11.3 Å². The van der Waals surface area contributed by atoms with Crippen LogP contribution in [0, 0.1) is 6.92 Å². The number of carbonyl (C=O) groups excluding carboxylic acids is 1. The van der Waals surface area contributed by atoms with Crippen molar-refractivity contribution < 1.29 is 9.90 Å². The molecule has 0 radical (unpaired) electrons. The minimum atomic E-state index is -0.166. The number of nitrogens with zero attached hydrogens (tertiary/aromatic N) is 3. The van der Waals surface area contributed by atoms with Gasteiger partial charge in [-0.1, -0.05) is 18.2 Å². The molecule has 3 rings (SSSR count). The lowest BCUT2D eigenvalue weighted by molar-refractivity contribution is 0.112. The minimum Gasteiger partial charge on any atom is -0.507 e. The van der Waals surface area contributed by atoms with E-state index in [9.17, 15) is 14.7 Å². The molecule has 1 aromatic heterocycles. The van der Waals surface area contributed by atoms with E-state index in [1.807, 2.05) is 64.2 Å². The molecule has 0 bridgehead atoms. The Kier molecular flexibility index (Phi) is 7.25. The summed E-state index contributed by atoms with van der Waals surface area (Å²) in [5.74, 6) is 0.0457. The van der Waals surface area contributed by atoms with Crippen LogP contribution in [0.2, 0.25) is 0 Å². The number of hydrogen-bond donors (Lipinski definition) is 2.